The average Bonchev–Trinajstić information content (AvgIpc) is 3.28. The molecular weight excluding hydrogens is 623 g/mol. The first-order valence-electron chi connectivity index (χ1n) is 14.6. The lowest BCUT2D eigenvalue weighted by Gasteiger charge is -2.42. The monoisotopic (exact) mass is 647 g/mol. The number of pyridine rings is 1. The lowest BCUT2D eigenvalue weighted by Crippen LogP contribution is -2.46. The van der Waals surface area contributed by atoms with Gasteiger partial charge in [-0.05, 0) is 49.3 Å². The number of hydrogen-bond acceptors (Lipinski definition) is 7. The molecule has 1 aromatic heterocycles. The largest absolute Gasteiger partial charge is 0.507 e. The minimum absolute atomic E-state index is 0.000664. The van der Waals surface area contributed by atoms with Crippen LogP contribution in [-0.4, -0.2) is 45.5 Å². The molecule has 1 saturated heterocycles. The Balaban J connectivity index is 1.34. The van der Waals surface area contributed by atoms with Crippen molar-refractivity contribution in [1.29, 1.82) is 0 Å². The summed E-state index contributed by atoms with van der Waals surface area (Å²) in [4.78, 5) is 58.7. The second kappa shape index (κ2) is 10.4. The molecule has 12 heteroatoms. The SMILES string of the molecule is CC1=CC(=O)C2=C(C1=O)C(c1ccc3ccccc3c1O)C1=CCC3C(=O)N(N(C)c4nc(C(F)(F)F)ccc4Cl)C(=O)C3C1C2. The Morgan fingerprint density at radius 3 is 2.48 bits per heavy atom. The van der Waals surface area contributed by atoms with Crippen LogP contribution in [0.3, 0.4) is 0 Å². The number of hydrazine groups is 1. The van der Waals surface area contributed by atoms with E-state index in [-0.39, 0.29) is 51.9 Å². The van der Waals surface area contributed by atoms with E-state index in [1.165, 1.54) is 13.1 Å². The van der Waals surface area contributed by atoms with Gasteiger partial charge in [-0.25, -0.2) is 4.98 Å². The van der Waals surface area contributed by atoms with Crippen LogP contribution in [0.1, 0.15) is 36.9 Å². The molecule has 0 spiro atoms. The highest BCUT2D eigenvalue weighted by molar-refractivity contribution is 6.33. The van der Waals surface area contributed by atoms with Crippen molar-refractivity contribution in [2.24, 2.45) is 17.8 Å². The molecule has 2 amide bonds. The second-order valence-electron chi connectivity index (χ2n) is 12.0. The molecule has 0 radical (unpaired) electrons. The maximum Gasteiger partial charge on any atom is 0.433 e. The normalized spacial score (nSPS) is 24.5. The number of phenols is 1. The van der Waals surface area contributed by atoms with Crippen molar-refractivity contribution in [1.82, 2.24) is 9.99 Å². The molecule has 0 saturated carbocycles. The van der Waals surface area contributed by atoms with Crippen LogP contribution in [-0.2, 0) is 25.4 Å². The number of amides is 2. The number of rotatable bonds is 3. The maximum atomic E-state index is 14.2. The zero-order valence-electron chi connectivity index (χ0n) is 24.4. The summed E-state index contributed by atoms with van der Waals surface area (Å²) in [5, 5.41) is 14.3. The third-order valence-electron chi connectivity index (χ3n) is 9.51. The van der Waals surface area contributed by atoms with Crippen molar-refractivity contribution in [3.05, 3.63) is 99.3 Å². The highest BCUT2D eigenvalue weighted by Gasteiger charge is 2.58. The molecule has 7 rings (SSSR count). The molecule has 2 aromatic carbocycles. The zero-order valence-corrected chi connectivity index (χ0v) is 25.2. The summed E-state index contributed by atoms with van der Waals surface area (Å²) < 4.78 is 40.4. The van der Waals surface area contributed by atoms with Gasteiger partial charge >= 0.3 is 6.18 Å². The number of ketones is 2. The van der Waals surface area contributed by atoms with Crippen LogP contribution in [0.15, 0.2) is 83.0 Å². The number of carbonyl (C=O) groups is 4. The maximum absolute atomic E-state index is 14.2. The number of halogens is 4. The summed E-state index contributed by atoms with van der Waals surface area (Å²) in [6.07, 6.45) is -1.64. The van der Waals surface area contributed by atoms with Crippen LogP contribution in [0.25, 0.3) is 10.8 Å². The highest BCUT2D eigenvalue weighted by atomic mass is 35.5. The minimum atomic E-state index is -4.79. The summed E-state index contributed by atoms with van der Waals surface area (Å²) in [6.45, 7) is 1.55. The van der Waals surface area contributed by atoms with E-state index in [0.717, 1.165) is 21.5 Å². The van der Waals surface area contributed by atoms with E-state index in [1.54, 1.807) is 31.2 Å². The topological polar surface area (TPSA) is 108 Å². The number of carbonyl (C=O) groups excluding carboxylic acids is 4. The van der Waals surface area contributed by atoms with Crippen molar-refractivity contribution in [3.63, 3.8) is 0 Å². The van der Waals surface area contributed by atoms with Crippen LogP contribution in [0, 0.1) is 17.8 Å². The fraction of sp³-hybridized carbons (Fsp3) is 0.265. The molecule has 46 heavy (non-hydrogen) atoms. The molecule has 4 aliphatic rings. The molecule has 4 atom stereocenters. The van der Waals surface area contributed by atoms with Gasteiger partial charge in [-0.2, -0.15) is 18.2 Å². The number of benzene rings is 2. The predicted octanol–water partition coefficient (Wildman–Crippen LogP) is 6.09. The third-order valence-corrected chi connectivity index (χ3v) is 9.80. The number of fused-ring (bicyclic) bond motifs is 4. The Kier molecular flexibility index (Phi) is 6.75. The average molecular weight is 648 g/mol. The van der Waals surface area contributed by atoms with E-state index >= 15 is 0 Å². The van der Waals surface area contributed by atoms with Gasteiger partial charge in [0.25, 0.3) is 11.8 Å². The lowest BCUT2D eigenvalue weighted by atomic mass is 9.59. The number of aromatic hydroxyl groups is 1. The number of anilines is 1. The van der Waals surface area contributed by atoms with Crippen molar-refractivity contribution < 1.29 is 37.5 Å². The molecule has 3 aliphatic carbocycles. The van der Waals surface area contributed by atoms with Gasteiger partial charge in [0.05, 0.1) is 16.9 Å². The van der Waals surface area contributed by atoms with Crippen molar-refractivity contribution in [3.8, 4) is 5.75 Å². The molecule has 3 aromatic rings. The number of phenolic OH excluding ortho intramolecular Hbond substituents is 1. The van der Waals surface area contributed by atoms with Crippen LogP contribution >= 0.6 is 11.6 Å². The molecular formula is C34H25ClF3N3O5. The van der Waals surface area contributed by atoms with Gasteiger partial charge < -0.3 is 5.11 Å². The number of aromatic nitrogens is 1. The van der Waals surface area contributed by atoms with Gasteiger partial charge in [0.1, 0.15) is 11.4 Å². The third kappa shape index (κ3) is 4.32. The van der Waals surface area contributed by atoms with Crippen molar-refractivity contribution >= 4 is 51.6 Å². The number of alkyl halides is 3. The molecule has 2 heterocycles. The van der Waals surface area contributed by atoms with Gasteiger partial charge in [0.15, 0.2) is 17.4 Å². The Bertz CT molecular complexity index is 2020. The second-order valence-corrected chi connectivity index (χ2v) is 12.4. The summed E-state index contributed by atoms with van der Waals surface area (Å²) in [5.74, 6) is -5.99. The summed E-state index contributed by atoms with van der Waals surface area (Å²) in [7, 11) is 1.24. The molecule has 4 unspecified atom stereocenters. The standard InChI is InChI=1S/C34H25ClF3N3O5/c1-15-13-24(42)22-14-21-18(26(28(22)29(15)43)19-8-7-16-5-3-4-6-17(16)30(19)44)9-10-20-27(21)33(46)41(32(20)45)40(2)31-23(35)11-12-25(39-31)34(36,37)38/h3-9,11-13,20-21,26-27,44H,10,14H2,1-2H3. The fourth-order valence-corrected chi connectivity index (χ4v) is 7.64. The molecule has 1 N–H and O–H groups in total. The number of allylic oxidation sites excluding steroid dienone is 6. The summed E-state index contributed by atoms with van der Waals surface area (Å²) in [6, 6.07) is 12.4. The quantitative estimate of drug-likeness (QED) is 0.208. The number of Topliss-reactive ketones (excluding diaryl/α,β-unsaturated/α-hetero) is 1. The van der Waals surface area contributed by atoms with Gasteiger partial charge in [-0.3, -0.25) is 24.2 Å². The lowest BCUT2D eigenvalue weighted by molar-refractivity contribution is -0.141. The molecule has 234 valence electrons. The first kappa shape index (κ1) is 29.9. The zero-order chi connectivity index (χ0) is 32.8. The van der Waals surface area contributed by atoms with E-state index in [9.17, 15) is 37.5 Å². The van der Waals surface area contributed by atoms with Gasteiger partial charge in [-0.1, -0.05) is 59.6 Å². The van der Waals surface area contributed by atoms with E-state index in [0.29, 0.717) is 22.6 Å². The predicted molar refractivity (Wildman–Crippen MR) is 161 cm³/mol. The van der Waals surface area contributed by atoms with Crippen LogP contribution in [0.2, 0.25) is 5.02 Å². The smallest absolute Gasteiger partial charge is 0.433 e. The first-order chi connectivity index (χ1) is 21.8. The van der Waals surface area contributed by atoms with Gasteiger partial charge in [0.2, 0.25) is 0 Å². The fourth-order valence-electron chi connectivity index (χ4n) is 7.41. The Labute approximate surface area is 265 Å². The molecule has 1 fully saturated rings. The highest BCUT2D eigenvalue weighted by Crippen LogP contribution is 2.56. The minimum Gasteiger partial charge on any atom is -0.507 e. The van der Waals surface area contributed by atoms with E-state index < -0.39 is 53.2 Å². The first-order valence-corrected chi connectivity index (χ1v) is 14.9. The van der Waals surface area contributed by atoms with E-state index in [1.807, 2.05) is 18.2 Å². The van der Waals surface area contributed by atoms with Gasteiger partial charge in [0, 0.05) is 40.6 Å². The number of nitrogens with zero attached hydrogens (tertiary/aromatic N) is 3. The summed E-state index contributed by atoms with van der Waals surface area (Å²) >= 11 is 6.20. The summed E-state index contributed by atoms with van der Waals surface area (Å²) in [5.41, 5.74) is 0.484. The molecule has 1 aliphatic heterocycles. The van der Waals surface area contributed by atoms with Crippen molar-refractivity contribution in [2.45, 2.75) is 31.9 Å². The van der Waals surface area contributed by atoms with Crippen LogP contribution < -0.4 is 5.01 Å². The van der Waals surface area contributed by atoms with Crippen molar-refractivity contribution in [2.75, 3.05) is 12.1 Å². The molecule has 0 bridgehead atoms. The van der Waals surface area contributed by atoms with Gasteiger partial charge in [-0.15, -0.1) is 0 Å². The Hall–Kier alpha value is -4.77. The van der Waals surface area contributed by atoms with Crippen LogP contribution in [0.5, 0.6) is 5.75 Å². The number of hydrogen-bond donors (Lipinski definition) is 1. The van der Waals surface area contributed by atoms with E-state index in [4.69, 9.17) is 11.6 Å². The van der Waals surface area contributed by atoms with Crippen LogP contribution in [0.4, 0.5) is 19.0 Å². The Morgan fingerprint density at radius 2 is 1.74 bits per heavy atom. The van der Waals surface area contributed by atoms with E-state index in [2.05, 4.69) is 4.98 Å². The molecule has 8 nitrogen and oxygen atoms in total. The number of imide groups is 1. The Morgan fingerprint density at radius 1 is 1.00 bits per heavy atom.